The molecular formula is C12H15FN2. The molecule has 1 heterocycles. The highest BCUT2D eigenvalue weighted by atomic mass is 19.1. The van der Waals surface area contributed by atoms with Crippen molar-refractivity contribution < 1.29 is 4.39 Å². The largest absolute Gasteiger partial charge is 0.368 e. The molecule has 1 aromatic rings. The maximum atomic E-state index is 13.7. The highest BCUT2D eigenvalue weighted by Gasteiger charge is 2.52. The Balaban J connectivity index is 1.80. The fraction of sp³-hybridized carbons (Fsp3) is 0.500. The predicted molar refractivity (Wildman–Crippen MR) is 58.2 cm³/mol. The molecule has 0 bridgehead atoms. The molecule has 1 saturated carbocycles. The molecule has 15 heavy (non-hydrogen) atoms. The zero-order valence-electron chi connectivity index (χ0n) is 8.67. The third kappa shape index (κ3) is 1.42. The molecule has 1 aliphatic carbocycles. The van der Waals surface area contributed by atoms with Crippen molar-refractivity contribution in [2.75, 3.05) is 18.0 Å². The van der Waals surface area contributed by atoms with Gasteiger partial charge in [-0.1, -0.05) is 6.07 Å². The van der Waals surface area contributed by atoms with Crippen LogP contribution in [0.1, 0.15) is 18.4 Å². The molecule has 2 N–H and O–H groups in total. The number of benzene rings is 1. The third-order valence-corrected chi connectivity index (χ3v) is 3.60. The average molecular weight is 206 g/mol. The maximum Gasteiger partial charge on any atom is 0.146 e. The number of hydrogen-bond donors (Lipinski definition) is 1. The van der Waals surface area contributed by atoms with Gasteiger partial charge >= 0.3 is 0 Å². The molecule has 0 aromatic heterocycles. The van der Waals surface area contributed by atoms with E-state index in [0.717, 1.165) is 24.3 Å². The van der Waals surface area contributed by atoms with E-state index in [4.69, 9.17) is 5.73 Å². The minimum absolute atomic E-state index is 0.131. The zero-order valence-corrected chi connectivity index (χ0v) is 8.67. The molecule has 0 radical (unpaired) electrons. The smallest absolute Gasteiger partial charge is 0.146 e. The molecule has 1 saturated heterocycles. The van der Waals surface area contributed by atoms with Crippen LogP contribution in [0.4, 0.5) is 10.1 Å². The van der Waals surface area contributed by atoms with Crippen LogP contribution in [-0.4, -0.2) is 13.1 Å². The van der Waals surface area contributed by atoms with Gasteiger partial charge in [0.05, 0.1) is 5.69 Å². The number of rotatable bonds is 2. The van der Waals surface area contributed by atoms with Gasteiger partial charge in [0.15, 0.2) is 0 Å². The van der Waals surface area contributed by atoms with Crippen LogP contribution >= 0.6 is 0 Å². The van der Waals surface area contributed by atoms with Crippen molar-refractivity contribution >= 4 is 5.69 Å². The Labute approximate surface area is 88.9 Å². The molecule has 2 nitrogen and oxygen atoms in total. The molecule has 3 heteroatoms. The minimum atomic E-state index is -0.131. The highest BCUT2D eigenvalue weighted by Crippen LogP contribution is 2.54. The summed E-state index contributed by atoms with van der Waals surface area (Å²) >= 11 is 0. The summed E-state index contributed by atoms with van der Waals surface area (Å²) in [6.45, 7) is 2.47. The zero-order chi connectivity index (χ0) is 10.5. The van der Waals surface area contributed by atoms with Crippen molar-refractivity contribution in [2.24, 2.45) is 11.1 Å². The standard InChI is InChI=1S/C12H15FN2/c13-10-5-9(6-14)1-2-11(10)15-7-12(8-15)3-4-12/h1-2,5H,3-4,6-8,14H2. The second-order valence-electron chi connectivity index (χ2n) is 4.85. The Kier molecular flexibility index (Phi) is 1.80. The van der Waals surface area contributed by atoms with E-state index in [1.54, 1.807) is 6.07 Å². The van der Waals surface area contributed by atoms with Crippen LogP contribution in [0.25, 0.3) is 0 Å². The first-order valence-electron chi connectivity index (χ1n) is 5.46. The molecule has 0 amide bonds. The minimum Gasteiger partial charge on any atom is -0.368 e. The second kappa shape index (κ2) is 2.95. The average Bonchev–Trinajstić information content (AvgIpc) is 2.95. The number of nitrogens with two attached hydrogens (primary N) is 1. The molecule has 2 aliphatic rings. The van der Waals surface area contributed by atoms with E-state index < -0.39 is 0 Å². The quantitative estimate of drug-likeness (QED) is 0.800. The van der Waals surface area contributed by atoms with E-state index in [1.807, 2.05) is 12.1 Å². The Morgan fingerprint density at radius 1 is 1.33 bits per heavy atom. The van der Waals surface area contributed by atoms with Crippen molar-refractivity contribution in [3.63, 3.8) is 0 Å². The number of nitrogens with zero attached hydrogens (tertiary/aromatic N) is 1. The summed E-state index contributed by atoms with van der Waals surface area (Å²) in [5.41, 5.74) is 7.63. The number of anilines is 1. The van der Waals surface area contributed by atoms with E-state index in [-0.39, 0.29) is 5.82 Å². The molecule has 1 spiro atoms. The van der Waals surface area contributed by atoms with Crippen LogP contribution in [0, 0.1) is 11.2 Å². The topological polar surface area (TPSA) is 29.3 Å². The molecule has 1 aliphatic heterocycles. The predicted octanol–water partition coefficient (Wildman–Crippen LogP) is 1.88. The lowest BCUT2D eigenvalue weighted by Gasteiger charge is -2.42. The maximum absolute atomic E-state index is 13.7. The van der Waals surface area contributed by atoms with Gasteiger partial charge in [-0.25, -0.2) is 4.39 Å². The van der Waals surface area contributed by atoms with E-state index in [1.165, 1.54) is 12.8 Å². The van der Waals surface area contributed by atoms with Gasteiger partial charge < -0.3 is 10.6 Å². The van der Waals surface area contributed by atoms with Gasteiger partial charge in [0.25, 0.3) is 0 Å². The Morgan fingerprint density at radius 2 is 2.07 bits per heavy atom. The molecule has 3 rings (SSSR count). The molecule has 80 valence electrons. The van der Waals surface area contributed by atoms with Crippen LogP contribution in [0.2, 0.25) is 0 Å². The SMILES string of the molecule is NCc1ccc(N2CC3(CC3)C2)c(F)c1. The first-order valence-corrected chi connectivity index (χ1v) is 5.46. The van der Waals surface area contributed by atoms with Gasteiger partial charge in [-0.3, -0.25) is 0 Å². The van der Waals surface area contributed by atoms with Crippen molar-refractivity contribution in [3.05, 3.63) is 29.6 Å². The molecule has 0 unspecified atom stereocenters. The summed E-state index contributed by atoms with van der Waals surface area (Å²) in [5.74, 6) is -0.131. The van der Waals surface area contributed by atoms with Crippen molar-refractivity contribution in [1.82, 2.24) is 0 Å². The highest BCUT2D eigenvalue weighted by molar-refractivity contribution is 5.53. The van der Waals surface area contributed by atoms with Crippen molar-refractivity contribution in [3.8, 4) is 0 Å². The van der Waals surface area contributed by atoms with Crippen molar-refractivity contribution in [2.45, 2.75) is 19.4 Å². The normalized spacial score (nSPS) is 21.6. The van der Waals surface area contributed by atoms with Gasteiger partial charge in [0.2, 0.25) is 0 Å². The van der Waals surface area contributed by atoms with Crippen LogP contribution in [-0.2, 0) is 6.54 Å². The Bertz CT molecular complexity index is 391. The fourth-order valence-electron chi connectivity index (χ4n) is 2.36. The molecule has 2 fully saturated rings. The van der Waals surface area contributed by atoms with Crippen molar-refractivity contribution in [1.29, 1.82) is 0 Å². The van der Waals surface area contributed by atoms with Gasteiger partial charge in [-0.15, -0.1) is 0 Å². The molecule has 1 aromatic carbocycles. The van der Waals surface area contributed by atoms with Gasteiger partial charge in [-0.2, -0.15) is 0 Å². The van der Waals surface area contributed by atoms with Gasteiger partial charge in [0.1, 0.15) is 5.82 Å². The summed E-state index contributed by atoms with van der Waals surface area (Å²) in [6.07, 6.45) is 2.65. The monoisotopic (exact) mass is 206 g/mol. The summed E-state index contributed by atoms with van der Waals surface area (Å²) in [5, 5.41) is 0. The summed E-state index contributed by atoms with van der Waals surface area (Å²) < 4.78 is 13.7. The van der Waals surface area contributed by atoms with Crippen LogP contribution in [0.3, 0.4) is 0 Å². The lowest BCUT2D eigenvalue weighted by Crippen LogP contribution is -2.48. The lowest BCUT2D eigenvalue weighted by atomic mass is 9.96. The summed E-state index contributed by atoms with van der Waals surface area (Å²) in [7, 11) is 0. The van der Waals surface area contributed by atoms with Gasteiger partial charge in [0, 0.05) is 25.0 Å². The van der Waals surface area contributed by atoms with Crippen LogP contribution < -0.4 is 10.6 Å². The third-order valence-electron chi connectivity index (χ3n) is 3.60. The molecular weight excluding hydrogens is 191 g/mol. The van der Waals surface area contributed by atoms with E-state index in [0.29, 0.717) is 12.0 Å². The Morgan fingerprint density at radius 3 is 2.60 bits per heavy atom. The van der Waals surface area contributed by atoms with E-state index in [9.17, 15) is 4.39 Å². The van der Waals surface area contributed by atoms with E-state index in [2.05, 4.69) is 4.90 Å². The first-order chi connectivity index (χ1) is 7.22. The van der Waals surface area contributed by atoms with E-state index >= 15 is 0 Å². The summed E-state index contributed by atoms with van der Waals surface area (Å²) in [4.78, 5) is 2.13. The summed E-state index contributed by atoms with van der Waals surface area (Å²) in [6, 6.07) is 5.32. The fourth-order valence-corrected chi connectivity index (χ4v) is 2.36. The second-order valence-corrected chi connectivity index (χ2v) is 4.85. The number of hydrogen-bond acceptors (Lipinski definition) is 2. The lowest BCUT2D eigenvalue weighted by molar-refractivity contribution is 0.382. The first kappa shape index (κ1) is 9.16. The Hall–Kier alpha value is -1.09. The van der Waals surface area contributed by atoms with Crippen LogP contribution in [0.15, 0.2) is 18.2 Å². The number of halogens is 1. The molecule has 0 atom stereocenters. The van der Waals surface area contributed by atoms with Gasteiger partial charge in [-0.05, 0) is 30.5 Å². The van der Waals surface area contributed by atoms with Crippen LogP contribution in [0.5, 0.6) is 0 Å².